The highest BCUT2D eigenvalue weighted by atomic mass is 32.2. The molecule has 7 heteroatoms. The number of halogens is 1. The number of nitrogens with zero attached hydrogens (tertiary/aromatic N) is 2. The molecule has 28 heavy (non-hydrogen) atoms. The first-order chi connectivity index (χ1) is 13.4. The highest BCUT2D eigenvalue weighted by Crippen LogP contribution is 2.20. The van der Waals surface area contributed by atoms with Crippen LogP contribution in [-0.4, -0.2) is 20.9 Å². The van der Waals surface area contributed by atoms with Crippen LogP contribution >= 0.6 is 11.8 Å². The zero-order valence-corrected chi connectivity index (χ0v) is 16.4. The molecule has 1 N–H and O–H groups in total. The lowest BCUT2D eigenvalue weighted by molar-refractivity contribution is -0.120. The van der Waals surface area contributed by atoms with Crippen molar-refractivity contribution in [2.75, 3.05) is 0 Å². The maximum absolute atomic E-state index is 12.9. The van der Waals surface area contributed by atoms with Crippen molar-refractivity contribution in [1.82, 2.24) is 15.1 Å². The molecule has 0 bridgehead atoms. The molecule has 1 heterocycles. The van der Waals surface area contributed by atoms with Crippen molar-refractivity contribution < 1.29 is 9.18 Å². The van der Waals surface area contributed by atoms with Crippen molar-refractivity contribution in [3.63, 3.8) is 0 Å². The molecule has 0 aliphatic rings. The van der Waals surface area contributed by atoms with Gasteiger partial charge >= 0.3 is 0 Å². The number of aromatic nitrogens is 2. The fourth-order valence-electron chi connectivity index (χ4n) is 2.50. The average Bonchev–Trinajstić information content (AvgIpc) is 2.69. The fourth-order valence-corrected chi connectivity index (χ4v) is 3.33. The van der Waals surface area contributed by atoms with E-state index in [-0.39, 0.29) is 17.3 Å². The van der Waals surface area contributed by atoms with Crippen LogP contribution in [0.3, 0.4) is 0 Å². The number of amides is 1. The Morgan fingerprint density at radius 3 is 2.46 bits per heavy atom. The summed E-state index contributed by atoms with van der Waals surface area (Å²) in [5.74, 6) is -0.474. The Kier molecular flexibility index (Phi) is 6.26. The van der Waals surface area contributed by atoms with Crippen molar-refractivity contribution in [1.29, 1.82) is 0 Å². The fraction of sp³-hybridized carbons (Fsp3) is 0.190. The van der Waals surface area contributed by atoms with E-state index in [1.54, 1.807) is 25.1 Å². The first kappa shape index (κ1) is 19.8. The van der Waals surface area contributed by atoms with Gasteiger partial charge < -0.3 is 5.32 Å². The molecule has 1 unspecified atom stereocenters. The van der Waals surface area contributed by atoms with Gasteiger partial charge in [0.1, 0.15) is 10.8 Å². The van der Waals surface area contributed by atoms with Crippen molar-refractivity contribution in [2.24, 2.45) is 0 Å². The number of carbonyl (C=O) groups excluding carboxylic acids is 1. The van der Waals surface area contributed by atoms with Gasteiger partial charge in [-0.05, 0) is 49.7 Å². The molecule has 3 aromatic rings. The molecular formula is C21H20FN3O2S. The lowest BCUT2D eigenvalue weighted by atomic mass is 10.2. The summed E-state index contributed by atoms with van der Waals surface area (Å²) in [7, 11) is 0. The third-order valence-corrected chi connectivity index (χ3v) is 5.13. The van der Waals surface area contributed by atoms with Gasteiger partial charge in [0.25, 0.3) is 5.56 Å². The van der Waals surface area contributed by atoms with Crippen LogP contribution in [0.2, 0.25) is 0 Å². The Balaban J connectivity index is 1.66. The number of thioether (sulfide) groups is 1. The summed E-state index contributed by atoms with van der Waals surface area (Å²) in [6.07, 6.45) is 0. The molecule has 0 spiro atoms. The van der Waals surface area contributed by atoms with Crippen LogP contribution in [0.15, 0.2) is 70.5 Å². The van der Waals surface area contributed by atoms with E-state index < -0.39 is 5.25 Å². The van der Waals surface area contributed by atoms with Crippen LogP contribution in [0.25, 0.3) is 5.69 Å². The molecule has 1 amide bonds. The van der Waals surface area contributed by atoms with E-state index in [0.717, 1.165) is 11.1 Å². The van der Waals surface area contributed by atoms with Crippen LogP contribution in [0.4, 0.5) is 4.39 Å². The van der Waals surface area contributed by atoms with Gasteiger partial charge in [0.15, 0.2) is 0 Å². The van der Waals surface area contributed by atoms with E-state index in [0.29, 0.717) is 17.3 Å². The minimum Gasteiger partial charge on any atom is -0.351 e. The third kappa shape index (κ3) is 5.07. The number of aryl methyl sites for hydroxylation is 1. The maximum Gasteiger partial charge on any atom is 0.271 e. The molecule has 144 valence electrons. The van der Waals surface area contributed by atoms with Crippen LogP contribution < -0.4 is 10.9 Å². The standard InChI is InChI=1S/C21H20FN3O2S/c1-14-3-9-18(10-4-14)25-20(26)12-11-19(24-25)28-15(2)21(27)23-13-16-5-7-17(22)8-6-16/h3-12,15H,13H2,1-2H3,(H,23,27). The monoisotopic (exact) mass is 397 g/mol. The van der Waals surface area contributed by atoms with Crippen LogP contribution in [0.5, 0.6) is 0 Å². The lowest BCUT2D eigenvalue weighted by Crippen LogP contribution is -2.30. The summed E-state index contributed by atoms with van der Waals surface area (Å²) in [5.41, 5.74) is 2.35. The normalized spacial score (nSPS) is 11.8. The second kappa shape index (κ2) is 8.84. The van der Waals surface area contributed by atoms with Crippen LogP contribution in [-0.2, 0) is 11.3 Å². The summed E-state index contributed by atoms with van der Waals surface area (Å²) in [6.45, 7) is 4.06. The molecule has 0 fully saturated rings. The molecule has 0 radical (unpaired) electrons. The molecular weight excluding hydrogens is 377 g/mol. The molecule has 0 aliphatic carbocycles. The average molecular weight is 397 g/mol. The highest BCUT2D eigenvalue weighted by Gasteiger charge is 2.16. The van der Waals surface area contributed by atoms with Gasteiger partial charge in [0.05, 0.1) is 10.9 Å². The molecule has 0 aliphatic heterocycles. The Labute approximate surface area is 166 Å². The zero-order valence-electron chi connectivity index (χ0n) is 15.6. The van der Waals surface area contributed by atoms with Crippen molar-refractivity contribution in [3.8, 4) is 5.69 Å². The quantitative estimate of drug-likeness (QED) is 0.647. The predicted molar refractivity (Wildman–Crippen MR) is 108 cm³/mol. The Morgan fingerprint density at radius 2 is 1.79 bits per heavy atom. The lowest BCUT2D eigenvalue weighted by Gasteiger charge is -2.12. The van der Waals surface area contributed by atoms with E-state index in [4.69, 9.17) is 0 Å². The largest absolute Gasteiger partial charge is 0.351 e. The maximum atomic E-state index is 12.9. The van der Waals surface area contributed by atoms with Crippen LogP contribution in [0, 0.1) is 12.7 Å². The minimum absolute atomic E-state index is 0.163. The van der Waals surface area contributed by atoms with Gasteiger partial charge in [-0.2, -0.15) is 9.78 Å². The predicted octanol–water partition coefficient (Wildman–Crippen LogP) is 3.48. The summed E-state index contributed by atoms with van der Waals surface area (Å²) in [6, 6.07) is 16.5. The summed E-state index contributed by atoms with van der Waals surface area (Å²) >= 11 is 1.27. The van der Waals surface area contributed by atoms with Gasteiger partial charge in [0.2, 0.25) is 5.91 Å². The molecule has 5 nitrogen and oxygen atoms in total. The smallest absolute Gasteiger partial charge is 0.271 e. The van der Waals surface area contributed by atoms with Gasteiger partial charge in [0, 0.05) is 12.6 Å². The summed E-state index contributed by atoms with van der Waals surface area (Å²) in [5, 5.41) is 7.36. The Bertz CT molecular complexity index is 1020. The van der Waals surface area contributed by atoms with Gasteiger partial charge in [-0.1, -0.05) is 41.6 Å². The number of nitrogens with one attached hydrogen (secondary N) is 1. The summed E-state index contributed by atoms with van der Waals surface area (Å²) < 4.78 is 14.3. The van der Waals surface area contributed by atoms with Crippen molar-refractivity contribution in [3.05, 3.63) is 88.0 Å². The number of hydrogen-bond donors (Lipinski definition) is 1. The molecule has 2 aromatic carbocycles. The molecule has 0 saturated carbocycles. The second-order valence-electron chi connectivity index (χ2n) is 6.36. The highest BCUT2D eigenvalue weighted by molar-refractivity contribution is 8.00. The van der Waals surface area contributed by atoms with E-state index >= 15 is 0 Å². The first-order valence-corrected chi connectivity index (χ1v) is 9.66. The van der Waals surface area contributed by atoms with Crippen molar-refractivity contribution in [2.45, 2.75) is 30.7 Å². The topological polar surface area (TPSA) is 64.0 Å². The van der Waals surface area contributed by atoms with Crippen molar-refractivity contribution >= 4 is 17.7 Å². The SMILES string of the molecule is Cc1ccc(-n2nc(SC(C)C(=O)NCc3ccc(F)cc3)ccc2=O)cc1. The van der Waals surface area contributed by atoms with Crippen LogP contribution in [0.1, 0.15) is 18.1 Å². The number of benzene rings is 2. The summed E-state index contributed by atoms with van der Waals surface area (Å²) in [4.78, 5) is 24.5. The number of carbonyl (C=O) groups is 1. The van der Waals surface area contributed by atoms with E-state index in [1.165, 1.54) is 34.6 Å². The second-order valence-corrected chi connectivity index (χ2v) is 7.72. The number of hydrogen-bond acceptors (Lipinski definition) is 4. The van der Waals surface area contributed by atoms with Gasteiger partial charge in [-0.25, -0.2) is 4.39 Å². The number of rotatable bonds is 6. The molecule has 3 rings (SSSR count). The zero-order chi connectivity index (χ0) is 20.1. The van der Waals surface area contributed by atoms with E-state index in [1.807, 2.05) is 31.2 Å². The Hall–Kier alpha value is -2.93. The van der Waals surface area contributed by atoms with Gasteiger partial charge in [-0.3, -0.25) is 9.59 Å². The third-order valence-electron chi connectivity index (χ3n) is 4.10. The molecule has 1 aromatic heterocycles. The minimum atomic E-state index is -0.406. The molecule has 0 saturated heterocycles. The van der Waals surface area contributed by atoms with E-state index in [2.05, 4.69) is 10.4 Å². The Morgan fingerprint density at radius 1 is 1.11 bits per heavy atom. The first-order valence-electron chi connectivity index (χ1n) is 8.78. The van der Waals surface area contributed by atoms with Gasteiger partial charge in [-0.15, -0.1) is 0 Å². The molecule has 1 atom stereocenters. The van der Waals surface area contributed by atoms with E-state index in [9.17, 15) is 14.0 Å².